The number of aryl methyl sites for hydroxylation is 2. The van der Waals surface area contributed by atoms with E-state index in [4.69, 9.17) is 20.8 Å². The van der Waals surface area contributed by atoms with Crippen molar-refractivity contribution in [2.24, 2.45) is 0 Å². The number of hydrogen-bond acceptors (Lipinski definition) is 5. The summed E-state index contributed by atoms with van der Waals surface area (Å²) in [5.74, 6) is -0.212. The summed E-state index contributed by atoms with van der Waals surface area (Å²) in [4.78, 5) is 30.4. The van der Waals surface area contributed by atoms with Gasteiger partial charge in [0.05, 0.1) is 23.7 Å². The molecule has 1 aromatic carbocycles. The molecular weight excluding hydrogens is 446 g/mol. The van der Waals surface area contributed by atoms with Crippen LogP contribution in [0.4, 0.5) is 0 Å². The van der Waals surface area contributed by atoms with Gasteiger partial charge in [0.2, 0.25) is 6.33 Å². The normalized spacial score (nSPS) is 17.7. The van der Waals surface area contributed by atoms with E-state index < -0.39 is 17.7 Å². The molecule has 9 heteroatoms. The minimum atomic E-state index is -0.833. The standard InChI is InChI=1S/C24H24ClN3O5/c1-3-32-18-8-6-16(13-17(18)25)22(29)20-21(19-7-5-15(2)33-19)28(24(31)23(20)30)11-4-10-27-12-9-26-14-27/h5-9,12-14,21H,3-4,10-11H2,1-2H3,(H,29,30)/p+1. The van der Waals surface area contributed by atoms with Crippen LogP contribution < -0.4 is 9.30 Å². The molecule has 0 aliphatic carbocycles. The van der Waals surface area contributed by atoms with Gasteiger partial charge in [-0.1, -0.05) is 11.6 Å². The van der Waals surface area contributed by atoms with Crippen molar-refractivity contribution in [3.05, 3.63) is 76.7 Å². The van der Waals surface area contributed by atoms with Crippen LogP contribution in [0.1, 0.15) is 36.5 Å². The number of Topliss-reactive ketones (excluding diaryl/α,β-unsaturated/α-hetero) is 1. The lowest BCUT2D eigenvalue weighted by molar-refractivity contribution is -0.695. The summed E-state index contributed by atoms with van der Waals surface area (Å²) in [6, 6.07) is 7.39. The van der Waals surface area contributed by atoms with Crippen molar-refractivity contribution in [3.63, 3.8) is 0 Å². The zero-order chi connectivity index (χ0) is 23.5. The molecule has 1 atom stereocenters. The fourth-order valence-electron chi connectivity index (χ4n) is 3.97. The van der Waals surface area contributed by atoms with Crippen molar-refractivity contribution in [2.75, 3.05) is 13.2 Å². The number of nitrogens with zero attached hydrogens (tertiary/aromatic N) is 2. The smallest absolute Gasteiger partial charge is 0.295 e. The Kier molecular flexibility index (Phi) is 6.55. The minimum absolute atomic E-state index is 0.0242. The first kappa shape index (κ1) is 22.7. The van der Waals surface area contributed by atoms with Crippen LogP contribution in [0, 0.1) is 6.92 Å². The second-order valence-corrected chi connectivity index (χ2v) is 8.13. The number of amides is 1. The summed E-state index contributed by atoms with van der Waals surface area (Å²) in [5, 5.41) is 11.4. The van der Waals surface area contributed by atoms with Crippen molar-refractivity contribution in [2.45, 2.75) is 32.9 Å². The molecule has 0 saturated carbocycles. The van der Waals surface area contributed by atoms with Crippen LogP contribution >= 0.6 is 11.6 Å². The Morgan fingerprint density at radius 3 is 2.76 bits per heavy atom. The van der Waals surface area contributed by atoms with E-state index in [0.717, 1.165) is 0 Å². The number of aliphatic hydroxyl groups excluding tert-OH is 1. The number of likely N-dealkylation sites (tertiary alicyclic amines) is 1. The highest BCUT2D eigenvalue weighted by Crippen LogP contribution is 2.40. The molecule has 1 aliphatic heterocycles. The van der Waals surface area contributed by atoms with Crippen molar-refractivity contribution in [3.8, 4) is 5.75 Å². The van der Waals surface area contributed by atoms with E-state index in [1.807, 2.05) is 24.0 Å². The van der Waals surface area contributed by atoms with Gasteiger partial charge < -0.3 is 19.2 Å². The Morgan fingerprint density at radius 1 is 1.30 bits per heavy atom. The van der Waals surface area contributed by atoms with Gasteiger partial charge in [0, 0.05) is 18.5 Å². The number of aliphatic hydroxyl groups is 1. The zero-order valence-electron chi connectivity index (χ0n) is 18.4. The molecule has 3 aromatic rings. The Balaban J connectivity index is 1.71. The molecule has 2 aromatic heterocycles. The number of furan rings is 1. The average molecular weight is 471 g/mol. The molecule has 1 fully saturated rings. The molecule has 2 N–H and O–H groups in total. The van der Waals surface area contributed by atoms with E-state index in [0.29, 0.717) is 54.0 Å². The van der Waals surface area contributed by atoms with Gasteiger partial charge in [-0.3, -0.25) is 14.6 Å². The third kappa shape index (κ3) is 4.52. The van der Waals surface area contributed by atoms with Crippen LogP contribution in [0.5, 0.6) is 5.75 Å². The lowest BCUT2D eigenvalue weighted by Crippen LogP contribution is -2.35. The van der Waals surface area contributed by atoms with Gasteiger partial charge in [0.15, 0.2) is 0 Å². The third-order valence-electron chi connectivity index (χ3n) is 5.49. The highest BCUT2D eigenvalue weighted by molar-refractivity contribution is 6.46. The minimum Gasteiger partial charge on any atom is -0.507 e. The number of aromatic amines is 1. The van der Waals surface area contributed by atoms with E-state index in [1.165, 1.54) is 11.0 Å². The predicted molar refractivity (Wildman–Crippen MR) is 121 cm³/mol. The number of rotatable bonds is 8. The fraction of sp³-hybridized carbons (Fsp3) is 0.292. The number of carbonyl (C=O) groups is 2. The van der Waals surface area contributed by atoms with Gasteiger partial charge in [-0.05, 0) is 44.2 Å². The van der Waals surface area contributed by atoms with Crippen LogP contribution in [-0.4, -0.2) is 39.8 Å². The summed E-state index contributed by atoms with van der Waals surface area (Å²) >= 11 is 6.28. The van der Waals surface area contributed by atoms with Crippen LogP contribution in [-0.2, 0) is 16.1 Å². The Labute approximate surface area is 196 Å². The molecule has 1 unspecified atom stereocenters. The lowest BCUT2D eigenvalue weighted by Gasteiger charge is -2.23. The van der Waals surface area contributed by atoms with Crippen molar-refractivity contribution < 1.29 is 28.4 Å². The van der Waals surface area contributed by atoms with Crippen molar-refractivity contribution >= 4 is 29.1 Å². The van der Waals surface area contributed by atoms with Gasteiger partial charge in [0.25, 0.3) is 11.7 Å². The van der Waals surface area contributed by atoms with Gasteiger partial charge in [-0.25, -0.2) is 4.57 Å². The van der Waals surface area contributed by atoms with E-state index in [1.54, 1.807) is 37.4 Å². The van der Waals surface area contributed by atoms with Crippen LogP contribution in [0.15, 0.2) is 59.0 Å². The first-order chi connectivity index (χ1) is 15.9. The summed E-state index contributed by atoms with van der Waals surface area (Å²) in [5.41, 5.74) is 0.293. The van der Waals surface area contributed by atoms with E-state index in [9.17, 15) is 14.7 Å². The van der Waals surface area contributed by atoms with Crippen LogP contribution in [0.2, 0.25) is 5.02 Å². The molecule has 3 heterocycles. The van der Waals surface area contributed by atoms with Gasteiger partial charge in [-0.2, -0.15) is 0 Å². The molecule has 8 nitrogen and oxygen atoms in total. The maximum Gasteiger partial charge on any atom is 0.295 e. The maximum atomic E-state index is 13.0. The zero-order valence-corrected chi connectivity index (χ0v) is 19.1. The van der Waals surface area contributed by atoms with E-state index >= 15 is 0 Å². The maximum absolute atomic E-state index is 13.0. The number of nitrogens with one attached hydrogen (secondary N) is 1. The van der Waals surface area contributed by atoms with Gasteiger partial charge >= 0.3 is 0 Å². The number of halogens is 1. The predicted octanol–water partition coefficient (Wildman–Crippen LogP) is 3.77. The SMILES string of the molecule is CCOc1ccc(C(O)=C2C(=O)C(=O)N(CCC[n+]3cc[nH]c3)C2c2ccc(C)o2)cc1Cl. The van der Waals surface area contributed by atoms with Crippen molar-refractivity contribution in [1.29, 1.82) is 0 Å². The second kappa shape index (κ2) is 9.54. The van der Waals surface area contributed by atoms with Crippen LogP contribution in [0.25, 0.3) is 5.76 Å². The third-order valence-corrected chi connectivity index (χ3v) is 5.79. The number of imidazole rings is 1. The number of benzene rings is 1. The van der Waals surface area contributed by atoms with E-state index in [-0.39, 0.29) is 11.3 Å². The fourth-order valence-corrected chi connectivity index (χ4v) is 4.20. The Morgan fingerprint density at radius 2 is 2.12 bits per heavy atom. The summed E-state index contributed by atoms with van der Waals surface area (Å²) in [6.07, 6.45) is 6.12. The van der Waals surface area contributed by atoms with Crippen LogP contribution in [0.3, 0.4) is 0 Å². The first-order valence-electron chi connectivity index (χ1n) is 10.7. The number of hydrogen-bond donors (Lipinski definition) is 2. The summed E-state index contributed by atoms with van der Waals surface area (Å²) in [7, 11) is 0. The number of ether oxygens (including phenoxy) is 1. The molecule has 0 radical (unpaired) electrons. The van der Waals surface area contributed by atoms with Crippen molar-refractivity contribution in [1.82, 2.24) is 9.88 Å². The highest BCUT2D eigenvalue weighted by Gasteiger charge is 2.47. The van der Waals surface area contributed by atoms with Gasteiger partial charge in [0.1, 0.15) is 41.5 Å². The molecule has 0 spiro atoms. The number of H-pyrrole nitrogens is 1. The molecule has 1 saturated heterocycles. The first-order valence-corrected chi connectivity index (χ1v) is 11.1. The molecule has 0 bridgehead atoms. The molecule has 172 valence electrons. The number of carbonyl (C=O) groups excluding carboxylic acids is 2. The molecule has 4 rings (SSSR count). The molecule has 33 heavy (non-hydrogen) atoms. The monoisotopic (exact) mass is 470 g/mol. The largest absolute Gasteiger partial charge is 0.507 e. The Hall–Kier alpha value is -3.52. The lowest BCUT2D eigenvalue weighted by atomic mass is 9.99. The molecular formula is C24H25ClN3O5+. The topological polar surface area (TPSA) is 99.6 Å². The molecule has 1 amide bonds. The Bertz CT molecular complexity index is 1200. The number of aromatic nitrogens is 2. The number of ketones is 1. The van der Waals surface area contributed by atoms with E-state index in [2.05, 4.69) is 4.98 Å². The summed E-state index contributed by atoms with van der Waals surface area (Å²) in [6.45, 7) is 5.03. The molecule has 1 aliphatic rings. The van der Waals surface area contributed by atoms with Gasteiger partial charge in [-0.15, -0.1) is 0 Å². The average Bonchev–Trinajstić information content (AvgIpc) is 3.52. The second-order valence-electron chi connectivity index (χ2n) is 7.72. The summed E-state index contributed by atoms with van der Waals surface area (Å²) < 4.78 is 13.2. The quantitative estimate of drug-likeness (QED) is 0.226. The highest BCUT2D eigenvalue weighted by atomic mass is 35.5.